The number of aryl methyl sites for hydroxylation is 2. The molecule has 0 unspecified atom stereocenters. The van der Waals surface area contributed by atoms with E-state index in [9.17, 15) is 0 Å². The molecule has 1 spiro atoms. The molecule has 2 aliphatic heterocycles. The SMILES string of the molecule is Cc1cc(CN2CCOC[C@]3(CC[C@@H](Cn4cncn4)O3)C2)oc1C. The lowest BCUT2D eigenvalue weighted by molar-refractivity contribution is -0.0907. The van der Waals surface area contributed by atoms with Crippen molar-refractivity contribution in [2.24, 2.45) is 0 Å². The normalized spacial score (nSPS) is 27.8. The summed E-state index contributed by atoms with van der Waals surface area (Å²) in [5, 5.41) is 4.18. The lowest BCUT2D eigenvalue weighted by atomic mass is 10.00. The third-order valence-electron chi connectivity index (χ3n) is 5.22. The van der Waals surface area contributed by atoms with Crippen LogP contribution in [0.4, 0.5) is 0 Å². The summed E-state index contributed by atoms with van der Waals surface area (Å²) in [6, 6.07) is 2.14. The lowest BCUT2D eigenvalue weighted by Gasteiger charge is -2.31. The highest BCUT2D eigenvalue weighted by Gasteiger charge is 2.43. The highest BCUT2D eigenvalue weighted by molar-refractivity contribution is 5.18. The molecular weight excluding hydrogens is 320 g/mol. The van der Waals surface area contributed by atoms with Crippen LogP contribution in [0.25, 0.3) is 0 Å². The summed E-state index contributed by atoms with van der Waals surface area (Å²) in [4.78, 5) is 6.40. The second-order valence-electron chi connectivity index (χ2n) is 7.29. The molecule has 0 amide bonds. The highest BCUT2D eigenvalue weighted by Crippen LogP contribution is 2.34. The molecule has 7 heteroatoms. The summed E-state index contributed by atoms with van der Waals surface area (Å²) < 4.78 is 20.0. The second kappa shape index (κ2) is 6.90. The van der Waals surface area contributed by atoms with E-state index in [0.29, 0.717) is 6.61 Å². The van der Waals surface area contributed by atoms with Crippen molar-refractivity contribution < 1.29 is 13.9 Å². The Morgan fingerprint density at radius 1 is 1.36 bits per heavy atom. The number of aromatic nitrogens is 3. The summed E-state index contributed by atoms with van der Waals surface area (Å²) in [5.74, 6) is 2.02. The van der Waals surface area contributed by atoms with E-state index in [4.69, 9.17) is 13.9 Å². The van der Waals surface area contributed by atoms with Gasteiger partial charge in [0.2, 0.25) is 0 Å². The average Bonchev–Trinajstić information content (AvgIpc) is 3.25. The average molecular weight is 346 g/mol. The van der Waals surface area contributed by atoms with Crippen LogP contribution in [0.5, 0.6) is 0 Å². The van der Waals surface area contributed by atoms with E-state index >= 15 is 0 Å². The zero-order valence-corrected chi connectivity index (χ0v) is 15.0. The Balaban J connectivity index is 1.41. The van der Waals surface area contributed by atoms with Gasteiger partial charge in [-0.05, 0) is 38.3 Å². The number of hydrogen-bond acceptors (Lipinski definition) is 6. The minimum absolute atomic E-state index is 0.165. The standard InChI is InChI=1S/C18H26N4O3/c1-14-7-17(24-15(14)2)8-21-5-6-23-11-18(10-21)4-3-16(25-18)9-22-13-19-12-20-22/h7,12-13,16H,3-6,8-11H2,1-2H3/t16-,18-/m0/s1. The Labute approximate surface area is 147 Å². The quantitative estimate of drug-likeness (QED) is 0.843. The van der Waals surface area contributed by atoms with Crippen LogP contribution in [0, 0.1) is 13.8 Å². The molecule has 136 valence electrons. The van der Waals surface area contributed by atoms with Crippen molar-refractivity contribution in [3.63, 3.8) is 0 Å². The first-order valence-corrected chi connectivity index (χ1v) is 8.98. The molecule has 25 heavy (non-hydrogen) atoms. The summed E-state index contributed by atoms with van der Waals surface area (Å²) in [7, 11) is 0. The molecule has 0 saturated carbocycles. The number of nitrogens with zero attached hydrogens (tertiary/aromatic N) is 4. The largest absolute Gasteiger partial charge is 0.465 e. The van der Waals surface area contributed by atoms with Crippen LogP contribution in [0.1, 0.15) is 29.9 Å². The third kappa shape index (κ3) is 3.78. The van der Waals surface area contributed by atoms with Gasteiger partial charge < -0.3 is 13.9 Å². The van der Waals surface area contributed by atoms with Crippen molar-refractivity contribution in [1.29, 1.82) is 0 Å². The fourth-order valence-corrected chi connectivity index (χ4v) is 3.85. The van der Waals surface area contributed by atoms with Crippen LogP contribution in [-0.2, 0) is 22.6 Å². The van der Waals surface area contributed by atoms with Gasteiger partial charge in [0.05, 0.1) is 32.4 Å². The molecule has 2 aromatic rings. The van der Waals surface area contributed by atoms with Gasteiger partial charge in [0.25, 0.3) is 0 Å². The molecule has 0 radical (unpaired) electrons. The summed E-state index contributed by atoms with van der Waals surface area (Å²) in [6.07, 6.45) is 5.51. The minimum atomic E-state index is -0.224. The van der Waals surface area contributed by atoms with Crippen molar-refractivity contribution in [3.05, 3.63) is 35.8 Å². The first-order valence-electron chi connectivity index (χ1n) is 8.98. The fourth-order valence-electron chi connectivity index (χ4n) is 3.85. The molecule has 2 atom stereocenters. The number of ether oxygens (including phenoxy) is 2. The van der Waals surface area contributed by atoms with Crippen molar-refractivity contribution in [1.82, 2.24) is 19.7 Å². The molecule has 0 aliphatic carbocycles. The van der Waals surface area contributed by atoms with E-state index < -0.39 is 0 Å². The first-order chi connectivity index (χ1) is 12.1. The van der Waals surface area contributed by atoms with Crippen molar-refractivity contribution >= 4 is 0 Å². The highest BCUT2D eigenvalue weighted by atomic mass is 16.6. The van der Waals surface area contributed by atoms with Crippen LogP contribution in [0.15, 0.2) is 23.1 Å². The van der Waals surface area contributed by atoms with Crippen molar-refractivity contribution in [3.8, 4) is 0 Å². The Bertz CT molecular complexity index is 680. The predicted molar refractivity (Wildman–Crippen MR) is 91.1 cm³/mol. The van der Waals surface area contributed by atoms with E-state index in [2.05, 4.69) is 28.0 Å². The van der Waals surface area contributed by atoms with Gasteiger partial charge in [-0.25, -0.2) is 4.98 Å². The predicted octanol–water partition coefficient (Wildman–Crippen LogP) is 1.94. The van der Waals surface area contributed by atoms with E-state index in [1.165, 1.54) is 5.56 Å². The van der Waals surface area contributed by atoms with Gasteiger partial charge in [0.15, 0.2) is 0 Å². The van der Waals surface area contributed by atoms with Crippen LogP contribution < -0.4 is 0 Å². The smallest absolute Gasteiger partial charge is 0.137 e. The molecular formula is C18H26N4O3. The van der Waals surface area contributed by atoms with Gasteiger partial charge in [0, 0.05) is 13.1 Å². The number of rotatable bonds is 4. The van der Waals surface area contributed by atoms with E-state index in [1.807, 2.05) is 11.6 Å². The van der Waals surface area contributed by atoms with Gasteiger partial charge in [-0.1, -0.05) is 0 Å². The molecule has 2 saturated heterocycles. The zero-order valence-electron chi connectivity index (χ0n) is 15.0. The molecule has 2 aromatic heterocycles. The maximum atomic E-state index is 6.45. The summed E-state index contributed by atoms with van der Waals surface area (Å²) in [6.45, 7) is 8.82. The molecule has 2 fully saturated rings. The van der Waals surface area contributed by atoms with Crippen molar-refractivity contribution in [2.45, 2.75) is 51.5 Å². The Kier molecular flexibility index (Phi) is 4.62. The minimum Gasteiger partial charge on any atom is -0.465 e. The zero-order chi connectivity index (χ0) is 17.3. The molecule has 4 heterocycles. The van der Waals surface area contributed by atoms with Gasteiger partial charge in [-0.2, -0.15) is 5.10 Å². The molecule has 0 aromatic carbocycles. The van der Waals surface area contributed by atoms with Crippen LogP contribution >= 0.6 is 0 Å². The van der Waals surface area contributed by atoms with Gasteiger partial charge in [0.1, 0.15) is 29.8 Å². The first kappa shape index (κ1) is 16.8. The third-order valence-corrected chi connectivity index (χ3v) is 5.22. The topological polar surface area (TPSA) is 65.5 Å². The lowest BCUT2D eigenvalue weighted by Crippen LogP contribution is -2.44. The monoisotopic (exact) mass is 346 g/mol. The Morgan fingerprint density at radius 3 is 3.04 bits per heavy atom. The van der Waals surface area contributed by atoms with Crippen LogP contribution in [-0.4, -0.2) is 57.7 Å². The summed E-state index contributed by atoms with van der Waals surface area (Å²) in [5.41, 5.74) is 0.985. The Morgan fingerprint density at radius 2 is 2.28 bits per heavy atom. The molecule has 2 aliphatic rings. The maximum absolute atomic E-state index is 6.45. The summed E-state index contributed by atoms with van der Waals surface area (Å²) >= 11 is 0. The molecule has 0 N–H and O–H groups in total. The molecule has 0 bridgehead atoms. The van der Waals surface area contributed by atoms with E-state index in [0.717, 1.165) is 57.1 Å². The fraction of sp³-hybridized carbons (Fsp3) is 0.667. The Hall–Kier alpha value is -1.70. The van der Waals surface area contributed by atoms with Crippen molar-refractivity contribution in [2.75, 3.05) is 26.3 Å². The maximum Gasteiger partial charge on any atom is 0.137 e. The van der Waals surface area contributed by atoms with Gasteiger partial charge in [-0.15, -0.1) is 0 Å². The van der Waals surface area contributed by atoms with E-state index in [-0.39, 0.29) is 11.7 Å². The van der Waals surface area contributed by atoms with Crippen LogP contribution in [0.2, 0.25) is 0 Å². The number of hydrogen-bond donors (Lipinski definition) is 0. The number of furan rings is 1. The second-order valence-corrected chi connectivity index (χ2v) is 7.29. The van der Waals surface area contributed by atoms with Gasteiger partial charge >= 0.3 is 0 Å². The molecule has 7 nitrogen and oxygen atoms in total. The van der Waals surface area contributed by atoms with Gasteiger partial charge in [-0.3, -0.25) is 9.58 Å². The van der Waals surface area contributed by atoms with Crippen LogP contribution in [0.3, 0.4) is 0 Å². The van der Waals surface area contributed by atoms with E-state index in [1.54, 1.807) is 12.7 Å². The molecule has 4 rings (SSSR count).